The maximum atomic E-state index is 13.7. The van der Waals surface area contributed by atoms with Crippen molar-refractivity contribution >= 4 is 23.2 Å². The second-order valence-electron chi connectivity index (χ2n) is 12.0. The number of halogens is 6. The van der Waals surface area contributed by atoms with Gasteiger partial charge in [0, 0.05) is 51.8 Å². The Kier molecular flexibility index (Phi) is 9.36. The van der Waals surface area contributed by atoms with E-state index in [2.05, 4.69) is 27.2 Å². The smallest absolute Gasteiger partial charge is 0.416 e. The molecule has 1 unspecified atom stereocenters. The minimum absolute atomic E-state index is 0.110. The zero-order valence-electron chi connectivity index (χ0n) is 25.3. The number of fused-ring (bicyclic) bond motifs is 2. The van der Waals surface area contributed by atoms with E-state index in [1.807, 2.05) is 6.92 Å². The van der Waals surface area contributed by atoms with Crippen LogP contribution < -0.4 is 4.90 Å². The second kappa shape index (κ2) is 12.9. The van der Waals surface area contributed by atoms with Crippen LogP contribution in [-0.2, 0) is 43.1 Å². The molecule has 2 aliphatic carbocycles. The quantitative estimate of drug-likeness (QED) is 0.195. The van der Waals surface area contributed by atoms with Gasteiger partial charge < -0.3 is 14.9 Å². The van der Waals surface area contributed by atoms with E-state index in [9.17, 15) is 31.1 Å². The van der Waals surface area contributed by atoms with Crippen LogP contribution in [0.1, 0.15) is 78.8 Å². The molecule has 13 heteroatoms. The molecular formula is C32H37F6N5O2. The minimum Gasteiger partial charge on any atom is -0.481 e. The van der Waals surface area contributed by atoms with E-state index in [1.165, 1.54) is 16.2 Å². The van der Waals surface area contributed by atoms with Gasteiger partial charge in [0.1, 0.15) is 5.84 Å². The Bertz CT molecular complexity index is 1450. The Hall–Kier alpha value is -3.77. The maximum Gasteiger partial charge on any atom is 0.416 e. The average Bonchev–Trinajstić information content (AvgIpc) is 3.59. The van der Waals surface area contributed by atoms with Crippen molar-refractivity contribution in [2.75, 3.05) is 25.0 Å². The highest BCUT2D eigenvalue weighted by Crippen LogP contribution is 2.39. The first-order chi connectivity index (χ1) is 21.2. The van der Waals surface area contributed by atoms with Crippen molar-refractivity contribution < 1.29 is 36.2 Å². The number of benzene rings is 2. The lowest BCUT2D eigenvalue weighted by molar-refractivity contribution is -0.143. The molecule has 0 spiro atoms. The van der Waals surface area contributed by atoms with Crippen LogP contribution in [0.25, 0.3) is 0 Å². The van der Waals surface area contributed by atoms with Crippen LogP contribution in [0.4, 0.5) is 32.0 Å². The summed E-state index contributed by atoms with van der Waals surface area (Å²) in [4.78, 5) is 14.9. The van der Waals surface area contributed by atoms with Crippen LogP contribution in [0.3, 0.4) is 0 Å². The fraction of sp³-hybridized carbons (Fsp3) is 0.531. The Labute approximate surface area is 258 Å². The highest BCUT2D eigenvalue weighted by Gasteiger charge is 2.43. The van der Waals surface area contributed by atoms with E-state index >= 15 is 0 Å². The number of amidine groups is 1. The van der Waals surface area contributed by atoms with Crippen LogP contribution in [0.2, 0.25) is 0 Å². The lowest BCUT2D eigenvalue weighted by Crippen LogP contribution is -2.36. The highest BCUT2D eigenvalue weighted by molar-refractivity contribution is 6.19. The fourth-order valence-electron chi connectivity index (χ4n) is 6.25. The molecule has 0 aromatic heterocycles. The molecule has 2 aromatic carbocycles. The number of alkyl halides is 6. The van der Waals surface area contributed by atoms with Crippen LogP contribution in [-0.4, -0.2) is 52.8 Å². The summed E-state index contributed by atoms with van der Waals surface area (Å²) in [6, 6.07) is 6.02. The van der Waals surface area contributed by atoms with Crippen LogP contribution in [0.5, 0.6) is 0 Å². The van der Waals surface area contributed by atoms with E-state index in [1.54, 1.807) is 11.9 Å². The Morgan fingerprint density at radius 1 is 0.911 bits per heavy atom. The number of nitrogens with zero attached hydrogens (tertiary/aromatic N) is 5. The molecule has 1 heterocycles. The molecule has 1 fully saturated rings. The summed E-state index contributed by atoms with van der Waals surface area (Å²) in [5, 5.41) is 19.3. The molecule has 0 amide bonds. The van der Waals surface area contributed by atoms with Gasteiger partial charge >= 0.3 is 18.3 Å². The van der Waals surface area contributed by atoms with Gasteiger partial charge in [-0.05, 0) is 85.5 Å². The largest absolute Gasteiger partial charge is 0.481 e. The molecule has 0 radical (unpaired) electrons. The lowest BCUT2D eigenvalue weighted by atomic mass is 10.0. The summed E-state index contributed by atoms with van der Waals surface area (Å²) in [5.41, 5.74) is 2.39. The Balaban J connectivity index is 1.51. The number of carboxylic acids is 1. The van der Waals surface area contributed by atoms with Crippen molar-refractivity contribution in [3.05, 3.63) is 63.7 Å². The number of hydrogen-bond donors (Lipinski definition) is 1. The zero-order chi connectivity index (χ0) is 32.5. The number of hydrazone groups is 2. The first-order valence-corrected chi connectivity index (χ1v) is 15.3. The first kappa shape index (κ1) is 32.6. The summed E-state index contributed by atoms with van der Waals surface area (Å²) < 4.78 is 82.4. The fourth-order valence-corrected chi connectivity index (χ4v) is 6.25. The lowest BCUT2D eigenvalue weighted by Gasteiger charge is -2.32. The number of anilines is 1. The van der Waals surface area contributed by atoms with E-state index in [-0.39, 0.29) is 37.1 Å². The summed E-state index contributed by atoms with van der Waals surface area (Å²) in [6.45, 7) is 3.41. The average molecular weight is 638 g/mol. The molecule has 0 bridgehead atoms. The number of aliphatic carboxylic acids is 1. The standard InChI is InChI=1S/C32H37F6N5O2/c1-3-42(11-6-4-5-10-29(44)45)28-15-22-9-7-8-21(22)14-23(28)19-43(30-26-17-27(26)39-41(2)40-30)18-20-12-24(31(33,34)35)16-25(13-20)32(36,37)38/h12-16,26H,3-11,17-19H2,1-2H3,(H,44,45). The number of carboxylic acid groups (broad SMARTS) is 1. The maximum absolute atomic E-state index is 13.7. The molecule has 1 saturated carbocycles. The number of aryl methyl sites for hydroxylation is 2. The zero-order valence-corrected chi connectivity index (χ0v) is 25.3. The molecule has 0 saturated heterocycles. The summed E-state index contributed by atoms with van der Waals surface area (Å²) in [7, 11) is 1.65. The molecule has 5 rings (SSSR count). The van der Waals surface area contributed by atoms with Gasteiger partial charge in [0.2, 0.25) is 0 Å². The predicted molar refractivity (Wildman–Crippen MR) is 159 cm³/mol. The molecular weight excluding hydrogens is 600 g/mol. The van der Waals surface area contributed by atoms with Crippen molar-refractivity contribution in [2.45, 2.75) is 83.7 Å². The third-order valence-corrected chi connectivity index (χ3v) is 8.53. The van der Waals surface area contributed by atoms with Crippen molar-refractivity contribution in [1.29, 1.82) is 0 Å². The number of hydrogen-bond acceptors (Lipinski definition) is 6. The molecule has 244 valence electrons. The molecule has 3 aliphatic rings. The van der Waals surface area contributed by atoms with Gasteiger partial charge in [0.05, 0.1) is 22.8 Å². The molecule has 7 nitrogen and oxygen atoms in total. The molecule has 1 atom stereocenters. The first-order valence-electron chi connectivity index (χ1n) is 15.3. The van der Waals surface area contributed by atoms with E-state index < -0.39 is 29.4 Å². The van der Waals surface area contributed by atoms with Crippen LogP contribution >= 0.6 is 0 Å². The van der Waals surface area contributed by atoms with Gasteiger partial charge in [0.25, 0.3) is 0 Å². The molecule has 2 aromatic rings. The monoisotopic (exact) mass is 637 g/mol. The van der Waals surface area contributed by atoms with Crippen LogP contribution in [0.15, 0.2) is 40.5 Å². The molecule has 1 N–H and O–H groups in total. The third-order valence-electron chi connectivity index (χ3n) is 8.53. The van der Waals surface area contributed by atoms with Crippen molar-refractivity contribution in [3.63, 3.8) is 0 Å². The van der Waals surface area contributed by atoms with Gasteiger partial charge in [-0.15, -0.1) is 5.10 Å². The van der Waals surface area contributed by atoms with E-state index in [4.69, 9.17) is 5.11 Å². The number of carbonyl (C=O) groups is 1. The topological polar surface area (TPSA) is 71.7 Å². The third kappa shape index (κ3) is 7.91. The summed E-state index contributed by atoms with van der Waals surface area (Å²) in [6.07, 6.45) is -4.20. The highest BCUT2D eigenvalue weighted by atomic mass is 19.4. The SMILES string of the molecule is CCN(CCCCCC(=O)O)c1cc2c(cc1CN(Cc1cc(C(F)(F)F)cc(C(F)(F)F)c1)C1=NN(C)N=C3CC31)CCC2. The number of unbranched alkanes of at least 4 members (excludes halogenated alkanes) is 2. The van der Waals surface area contributed by atoms with Gasteiger partial charge in [0.15, 0.2) is 0 Å². The van der Waals surface area contributed by atoms with Gasteiger partial charge in [-0.2, -0.15) is 36.6 Å². The van der Waals surface area contributed by atoms with Crippen LogP contribution in [0, 0.1) is 5.92 Å². The minimum atomic E-state index is -4.95. The van der Waals surface area contributed by atoms with Gasteiger partial charge in [-0.1, -0.05) is 12.5 Å². The van der Waals surface area contributed by atoms with Crippen molar-refractivity contribution in [2.24, 2.45) is 16.1 Å². The Morgan fingerprint density at radius 2 is 1.58 bits per heavy atom. The van der Waals surface area contributed by atoms with Crippen molar-refractivity contribution in [3.8, 4) is 0 Å². The van der Waals surface area contributed by atoms with Gasteiger partial charge in [-0.3, -0.25) is 4.79 Å². The van der Waals surface area contributed by atoms with E-state index in [0.29, 0.717) is 31.8 Å². The number of rotatable bonds is 12. The second-order valence-corrected chi connectivity index (χ2v) is 12.0. The summed E-state index contributed by atoms with van der Waals surface area (Å²) >= 11 is 0. The predicted octanol–water partition coefficient (Wildman–Crippen LogP) is 7.32. The normalized spacial score (nSPS) is 17.4. The van der Waals surface area contributed by atoms with E-state index in [0.717, 1.165) is 61.2 Å². The van der Waals surface area contributed by atoms with Crippen molar-refractivity contribution in [1.82, 2.24) is 10.0 Å². The van der Waals surface area contributed by atoms with Gasteiger partial charge in [-0.25, -0.2) is 0 Å². The summed E-state index contributed by atoms with van der Waals surface area (Å²) in [5.74, 6) is -0.397. The molecule has 45 heavy (non-hydrogen) atoms. The molecule has 1 aliphatic heterocycles. The Morgan fingerprint density at radius 3 is 2.20 bits per heavy atom.